The van der Waals surface area contributed by atoms with E-state index in [4.69, 9.17) is 0 Å². The maximum Gasteiger partial charge on any atom is 0.160 e. The molecule has 0 saturated heterocycles. The number of hydrogen-bond acceptors (Lipinski definition) is 0. The van der Waals surface area contributed by atoms with Crippen LogP contribution in [-0.4, -0.2) is 0 Å². The summed E-state index contributed by atoms with van der Waals surface area (Å²) in [5, 5.41) is 0. The van der Waals surface area contributed by atoms with E-state index in [1.165, 1.54) is 6.07 Å². The second kappa shape index (κ2) is 5.39. The summed E-state index contributed by atoms with van der Waals surface area (Å²) in [5.74, 6) is 4.03. The van der Waals surface area contributed by atoms with Crippen molar-refractivity contribution in [3.05, 3.63) is 35.4 Å². The minimum atomic E-state index is -0.840. The SMILES string of the molecule is CCCCC#Cc1ccc(F)c(F)c1. The lowest BCUT2D eigenvalue weighted by Crippen LogP contribution is -1.84. The highest BCUT2D eigenvalue weighted by atomic mass is 19.2. The lowest BCUT2D eigenvalue weighted by molar-refractivity contribution is 0.508. The zero-order valence-corrected chi connectivity index (χ0v) is 8.11. The summed E-state index contributed by atoms with van der Waals surface area (Å²) in [5.41, 5.74) is 0.528. The monoisotopic (exact) mass is 194 g/mol. The minimum Gasteiger partial charge on any atom is -0.204 e. The van der Waals surface area contributed by atoms with Gasteiger partial charge in [0, 0.05) is 12.0 Å². The normalized spacial score (nSPS) is 9.36. The Hall–Kier alpha value is -1.36. The molecule has 0 aliphatic rings. The molecule has 0 nitrogen and oxygen atoms in total. The van der Waals surface area contributed by atoms with Crippen LogP contribution in [0.4, 0.5) is 8.78 Å². The Morgan fingerprint density at radius 3 is 2.64 bits per heavy atom. The van der Waals surface area contributed by atoms with Crippen LogP contribution in [0.15, 0.2) is 18.2 Å². The number of unbranched alkanes of at least 4 members (excludes halogenated alkanes) is 2. The molecule has 0 atom stereocenters. The van der Waals surface area contributed by atoms with E-state index in [9.17, 15) is 8.78 Å². The van der Waals surface area contributed by atoms with E-state index < -0.39 is 11.6 Å². The molecule has 74 valence electrons. The van der Waals surface area contributed by atoms with Crippen molar-refractivity contribution in [2.75, 3.05) is 0 Å². The van der Waals surface area contributed by atoms with Crippen molar-refractivity contribution in [1.29, 1.82) is 0 Å². The summed E-state index contributed by atoms with van der Waals surface area (Å²) in [4.78, 5) is 0. The summed E-state index contributed by atoms with van der Waals surface area (Å²) in [6.07, 6.45) is 2.93. The first-order valence-corrected chi connectivity index (χ1v) is 4.68. The van der Waals surface area contributed by atoms with Gasteiger partial charge >= 0.3 is 0 Å². The molecule has 1 aromatic rings. The molecule has 0 N–H and O–H groups in total. The lowest BCUT2D eigenvalue weighted by Gasteiger charge is -1.92. The fourth-order valence-electron chi connectivity index (χ4n) is 1.00. The van der Waals surface area contributed by atoms with Crippen molar-refractivity contribution >= 4 is 0 Å². The third-order valence-electron chi connectivity index (χ3n) is 1.81. The quantitative estimate of drug-likeness (QED) is 0.499. The first-order chi connectivity index (χ1) is 6.74. The van der Waals surface area contributed by atoms with Crippen molar-refractivity contribution in [2.24, 2.45) is 0 Å². The molecule has 0 unspecified atom stereocenters. The standard InChI is InChI=1S/C12H12F2/c1-2-3-4-5-6-10-7-8-11(13)12(14)9-10/h7-9H,2-4H2,1H3. The summed E-state index contributed by atoms with van der Waals surface area (Å²) < 4.78 is 25.2. The Kier molecular flexibility index (Phi) is 4.12. The number of benzene rings is 1. The number of hydrogen-bond donors (Lipinski definition) is 0. The minimum absolute atomic E-state index is 0.528. The van der Waals surface area contributed by atoms with E-state index in [0.717, 1.165) is 31.4 Å². The highest BCUT2D eigenvalue weighted by Gasteiger charge is 1.99. The molecule has 1 rings (SSSR count). The maximum absolute atomic E-state index is 12.7. The van der Waals surface area contributed by atoms with Crippen LogP contribution in [0.2, 0.25) is 0 Å². The van der Waals surface area contributed by atoms with Gasteiger partial charge in [-0.3, -0.25) is 0 Å². The summed E-state index contributed by atoms with van der Waals surface area (Å²) >= 11 is 0. The zero-order valence-electron chi connectivity index (χ0n) is 8.11. The molecule has 0 aliphatic carbocycles. The van der Waals surface area contributed by atoms with E-state index in [1.807, 2.05) is 0 Å². The molecule has 0 heterocycles. The molecule has 0 aliphatic heterocycles. The van der Waals surface area contributed by atoms with Gasteiger partial charge in [0.2, 0.25) is 0 Å². The average molecular weight is 194 g/mol. The predicted molar refractivity (Wildman–Crippen MR) is 52.8 cm³/mol. The van der Waals surface area contributed by atoms with Crippen molar-refractivity contribution in [2.45, 2.75) is 26.2 Å². The van der Waals surface area contributed by atoms with Gasteiger partial charge < -0.3 is 0 Å². The fourth-order valence-corrected chi connectivity index (χ4v) is 1.00. The highest BCUT2D eigenvalue weighted by molar-refractivity contribution is 5.34. The van der Waals surface area contributed by atoms with Crippen molar-refractivity contribution in [1.82, 2.24) is 0 Å². The Morgan fingerprint density at radius 2 is 2.00 bits per heavy atom. The number of rotatable bonds is 2. The molecular formula is C12H12F2. The van der Waals surface area contributed by atoms with Gasteiger partial charge in [0.1, 0.15) is 0 Å². The van der Waals surface area contributed by atoms with Crippen LogP contribution in [0.3, 0.4) is 0 Å². The molecule has 14 heavy (non-hydrogen) atoms. The van der Waals surface area contributed by atoms with Gasteiger partial charge in [0.05, 0.1) is 0 Å². The van der Waals surface area contributed by atoms with E-state index in [0.29, 0.717) is 5.56 Å². The van der Waals surface area contributed by atoms with Crippen LogP contribution in [0, 0.1) is 23.5 Å². The Morgan fingerprint density at radius 1 is 1.21 bits per heavy atom. The van der Waals surface area contributed by atoms with E-state index in [1.54, 1.807) is 0 Å². The Balaban J connectivity index is 2.66. The van der Waals surface area contributed by atoms with E-state index >= 15 is 0 Å². The molecule has 0 amide bonds. The molecule has 0 aromatic heterocycles. The van der Waals surface area contributed by atoms with Gasteiger partial charge in [0.15, 0.2) is 11.6 Å². The Bertz CT molecular complexity index is 358. The molecule has 2 heteroatoms. The second-order valence-electron chi connectivity index (χ2n) is 3.03. The van der Waals surface area contributed by atoms with Gasteiger partial charge in [-0.2, -0.15) is 0 Å². The van der Waals surface area contributed by atoms with Gasteiger partial charge in [0.25, 0.3) is 0 Å². The van der Waals surface area contributed by atoms with Crippen molar-refractivity contribution in [3.8, 4) is 11.8 Å². The van der Waals surface area contributed by atoms with Crippen LogP contribution in [0.25, 0.3) is 0 Å². The van der Waals surface area contributed by atoms with Crippen molar-refractivity contribution in [3.63, 3.8) is 0 Å². The molecular weight excluding hydrogens is 182 g/mol. The third-order valence-corrected chi connectivity index (χ3v) is 1.81. The molecule has 0 spiro atoms. The average Bonchev–Trinajstić information content (AvgIpc) is 2.18. The molecule has 0 radical (unpaired) electrons. The topological polar surface area (TPSA) is 0 Å². The van der Waals surface area contributed by atoms with Crippen molar-refractivity contribution < 1.29 is 8.78 Å². The molecule has 0 saturated carbocycles. The largest absolute Gasteiger partial charge is 0.204 e. The van der Waals surface area contributed by atoms with E-state index in [2.05, 4.69) is 18.8 Å². The predicted octanol–water partition coefficient (Wildman–Crippen LogP) is 3.51. The van der Waals surface area contributed by atoms with Crippen LogP contribution < -0.4 is 0 Å². The summed E-state index contributed by atoms with van der Waals surface area (Å²) in [6.45, 7) is 2.08. The third kappa shape index (κ3) is 3.18. The van der Waals surface area contributed by atoms with Gasteiger partial charge in [-0.25, -0.2) is 8.78 Å². The smallest absolute Gasteiger partial charge is 0.160 e. The summed E-state index contributed by atoms with van der Waals surface area (Å²) in [6, 6.07) is 3.70. The van der Waals surface area contributed by atoms with Crippen LogP contribution in [0.5, 0.6) is 0 Å². The van der Waals surface area contributed by atoms with Crippen LogP contribution in [-0.2, 0) is 0 Å². The molecule has 0 fully saturated rings. The molecule has 0 bridgehead atoms. The van der Waals surface area contributed by atoms with Gasteiger partial charge in [-0.1, -0.05) is 25.2 Å². The highest BCUT2D eigenvalue weighted by Crippen LogP contribution is 2.07. The fraction of sp³-hybridized carbons (Fsp3) is 0.333. The first kappa shape index (κ1) is 10.7. The maximum atomic E-state index is 12.7. The molecule has 1 aromatic carbocycles. The van der Waals surface area contributed by atoms with E-state index in [-0.39, 0.29) is 0 Å². The van der Waals surface area contributed by atoms with Crippen LogP contribution >= 0.6 is 0 Å². The van der Waals surface area contributed by atoms with Gasteiger partial charge in [-0.15, -0.1) is 0 Å². The Labute approximate surface area is 83.0 Å². The lowest BCUT2D eigenvalue weighted by atomic mass is 10.2. The van der Waals surface area contributed by atoms with Gasteiger partial charge in [-0.05, 0) is 24.6 Å². The first-order valence-electron chi connectivity index (χ1n) is 4.68. The van der Waals surface area contributed by atoms with Crippen LogP contribution in [0.1, 0.15) is 31.7 Å². The number of halogens is 2. The second-order valence-corrected chi connectivity index (χ2v) is 3.03. The summed E-state index contributed by atoms with van der Waals surface area (Å²) in [7, 11) is 0. The zero-order chi connectivity index (χ0) is 10.4.